The normalized spacial score (nSPS) is 12.6. The van der Waals surface area contributed by atoms with Crippen molar-refractivity contribution in [3.8, 4) is 0 Å². The molecule has 1 N–H and O–H groups in total. The fourth-order valence-corrected chi connectivity index (χ4v) is 2.31. The monoisotopic (exact) mass is 253 g/mol. The third-order valence-corrected chi connectivity index (χ3v) is 3.34. The van der Waals surface area contributed by atoms with Crippen LogP contribution in [0.15, 0.2) is 35.0 Å². The molecular weight excluding hydrogens is 240 g/mol. The average Bonchev–Trinajstić information content (AvgIpc) is 2.84. The Labute approximate surface area is 103 Å². The van der Waals surface area contributed by atoms with Gasteiger partial charge in [-0.15, -0.1) is 0 Å². The molecule has 0 aliphatic heterocycles. The van der Waals surface area contributed by atoms with Crippen LogP contribution in [0.2, 0.25) is 0 Å². The van der Waals surface area contributed by atoms with Gasteiger partial charge < -0.3 is 5.32 Å². The lowest BCUT2D eigenvalue weighted by molar-refractivity contribution is 0.504. The van der Waals surface area contributed by atoms with E-state index >= 15 is 0 Å². The van der Waals surface area contributed by atoms with Gasteiger partial charge in [0.25, 0.3) is 0 Å². The Bertz CT molecular complexity index is 482. The number of halogens is 2. The topological polar surface area (TPSA) is 12.0 Å². The minimum Gasteiger partial charge on any atom is -0.306 e. The van der Waals surface area contributed by atoms with Gasteiger partial charge in [-0.3, -0.25) is 0 Å². The Morgan fingerprint density at radius 3 is 2.71 bits per heavy atom. The van der Waals surface area contributed by atoms with Gasteiger partial charge in [0.15, 0.2) is 11.6 Å². The van der Waals surface area contributed by atoms with Crippen LogP contribution in [0.4, 0.5) is 8.78 Å². The molecule has 1 unspecified atom stereocenters. The number of benzene rings is 1. The van der Waals surface area contributed by atoms with Gasteiger partial charge in [0.2, 0.25) is 0 Å². The molecule has 2 rings (SSSR count). The van der Waals surface area contributed by atoms with Gasteiger partial charge in [-0.25, -0.2) is 8.78 Å². The molecule has 0 radical (unpaired) electrons. The first-order valence-electron chi connectivity index (χ1n) is 5.36. The average molecular weight is 253 g/mol. The minimum absolute atomic E-state index is 0.203. The fourth-order valence-electron chi connectivity index (χ4n) is 1.56. The molecule has 17 heavy (non-hydrogen) atoms. The van der Waals surface area contributed by atoms with E-state index in [4.69, 9.17) is 0 Å². The molecule has 1 aromatic heterocycles. The summed E-state index contributed by atoms with van der Waals surface area (Å²) >= 11 is 1.64. The molecule has 0 saturated heterocycles. The third-order valence-electron chi connectivity index (χ3n) is 2.64. The van der Waals surface area contributed by atoms with E-state index in [1.165, 1.54) is 11.6 Å². The number of hydrogen-bond acceptors (Lipinski definition) is 2. The zero-order valence-electron chi connectivity index (χ0n) is 9.41. The van der Waals surface area contributed by atoms with E-state index in [9.17, 15) is 8.78 Å². The van der Waals surface area contributed by atoms with Crippen molar-refractivity contribution in [3.63, 3.8) is 0 Å². The molecule has 0 saturated carbocycles. The summed E-state index contributed by atoms with van der Waals surface area (Å²) in [5, 5.41) is 7.36. The molecule has 0 fully saturated rings. The predicted molar refractivity (Wildman–Crippen MR) is 65.9 cm³/mol. The van der Waals surface area contributed by atoms with Gasteiger partial charge in [-0.1, -0.05) is 6.07 Å². The number of hydrogen-bond donors (Lipinski definition) is 1. The van der Waals surface area contributed by atoms with E-state index in [1.54, 1.807) is 17.4 Å². The molecule has 1 nitrogen and oxygen atoms in total. The summed E-state index contributed by atoms with van der Waals surface area (Å²) in [7, 11) is 0. The van der Waals surface area contributed by atoms with Crippen LogP contribution in [-0.4, -0.2) is 0 Å². The van der Waals surface area contributed by atoms with E-state index < -0.39 is 11.6 Å². The molecule has 90 valence electrons. The van der Waals surface area contributed by atoms with Crippen LogP contribution in [0, 0.1) is 11.6 Å². The van der Waals surface area contributed by atoms with Crippen LogP contribution < -0.4 is 5.32 Å². The Morgan fingerprint density at radius 1 is 1.24 bits per heavy atom. The lowest BCUT2D eigenvalue weighted by Gasteiger charge is -2.12. The summed E-state index contributed by atoms with van der Waals surface area (Å²) in [5.41, 5.74) is 1.95. The third kappa shape index (κ3) is 3.11. The Hall–Kier alpha value is -1.26. The first kappa shape index (κ1) is 12.2. The second-order valence-corrected chi connectivity index (χ2v) is 4.69. The molecule has 0 bridgehead atoms. The Balaban J connectivity index is 1.96. The van der Waals surface area contributed by atoms with E-state index in [-0.39, 0.29) is 6.04 Å². The first-order chi connectivity index (χ1) is 8.16. The number of nitrogens with one attached hydrogen (secondary N) is 1. The molecule has 1 atom stereocenters. The first-order valence-corrected chi connectivity index (χ1v) is 6.30. The summed E-state index contributed by atoms with van der Waals surface area (Å²) < 4.78 is 25.7. The molecule has 1 aromatic carbocycles. The zero-order chi connectivity index (χ0) is 12.3. The largest absolute Gasteiger partial charge is 0.306 e. The van der Waals surface area contributed by atoms with Crippen molar-refractivity contribution in [1.82, 2.24) is 5.32 Å². The highest BCUT2D eigenvalue weighted by atomic mass is 32.1. The zero-order valence-corrected chi connectivity index (χ0v) is 10.2. The van der Waals surface area contributed by atoms with Crippen molar-refractivity contribution < 1.29 is 8.78 Å². The maximum atomic E-state index is 13.0. The van der Waals surface area contributed by atoms with E-state index in [1.807, 2.05) is 18.4 Å². The second kappa shape index (κ2) is 5.38. The highest BCUT2D eigenvalue weighted by Crippen LogP contribution is 2.16. The summed E-state index contributed by atoms with van der Waals surface area (Å²) in [6.45, 7) is 2.57. The van der Waals surface area contributed by atoms with Crippen LogP contribution in [-0.2, 0) is 6.54 Å². The van der Waals surface area contributed by atoms with Crippen molar-refractivity contribution >= 4 is 11.3 Å². The fraction of sp³-hybridized carbons (Fsp3) is 0.231. The molecular formula is C13H13F2NS. The van der Waals surface area contributed by atoms with E-state index in [0.29, 0.717) is 6.54 Å². The standard InChI is InChI=1S/C13H13F2NS/c1-9(11-4-5-17-8-11)16-7-10-2-3-12(14)13(15)6-10/h2-6,8-9,16H,7H2,1H3. The van der Waals surface area contributed by atoms with E-state index in [0.717, 1.165) is 11.6 Å². The highest BCUT2D eigenvalue weighted by molar-refractivity contribution is 7.07. The summed E-state index contributed by atoms with van der Waals surface area (Å²) in [6, 6.07) is 6.22. The smallest absolute Gasteiger partial charge is 0.159 e. The quantitative estimate of drug-likeness (QED) is 0.872. The SMILES string of the molecule is CC(NCc1ccc(F)c(F)c1)c1ccsc1. The van der Waals surface area contributed by atoms with Crippen LogP contribution in [0.1, 0.15) is 24.1 Å². The number of rotatable bonds is 4. The van der Waals surface area contributed by atoms with Gasteiger partial charge >= 0.3 is 0 Å². The minimum atomic E-state index is -0.806. The van der Waals surface area contributed by atoms with Gasteiger partial charge in [0, 0.05) is 12.6 Å². The Kier molecular flexibility index (Phi) is 3.86. The summed E-state index contributed by atoms with van der Waals surface area (Å²) in [4.78, 5) is 0. The molecule has 0 aliphatic carbocycles. The van der Waals surface area contributed by atoms with Crippen molar-refractivity contribution in [3.05, 3.63) is 57.8 Å². The van der Waals surface area contributed by atoms with Crippen LogP contribution in [0.25, 0.3) is 0 Å². The molecule has 2 aromatic rings. The van der Waals surface area contributed by atoms with Crippen molar-refractivity contribution in [1.29, 1.82) is 0 Å². The predicted octanol–water partition coefficient (Wildman–Crippen LogP) is 3.88. The maximum Gasteiger partial charge on any atom is 0.159 e. The Morgan fingerprint density at radius 2 is 2.06 bits per heavy atom. The van der Waals surface area contributed by atoms with Gasteiger partial charge in [-0.2, -0.15) is 11.3 Å². The van der Waals surface area contributed by atoms with Crippen LogP contribution in [0.3, 0.4) is 0 Å². The van der Waals surface area contributed by atoms with Gasteiger partial charge in [0.05, 0.1) is 0 Å². The van der Waals surface area contributed by atoms with Gasteiger partial charge in [0.1, 0.15) is 0 Å². The molecule has 0 spiro atoms. The summed E-state index contributed by atoms with van der Waals surface area (Å²) in [6.07, 6.45) is 0. The molecule has 1 heterocycles. The van der Waals surface area contributed by atoms with E-state index in [2.05, 4.69) is 10.7 Å². The van der Waals surface area contributed by atoms with Gasteiger partial charge in [-0.05, 0) is 47.0 Å². The molecule has 4 heteroatoms. The van der Waals surface area contributed by atoms with Crippen molar-refractivity contribution in [2.45, 2.75) is 19.5 Å². The summed E-state index contributed by atoms with van der Waals surface area (Å²) in [5.74, 6) is -1.60. The van der Waals surface area contributed by atoms with Crippen molar-refractivity contribution in [2.24, 2.45) is 0 Å². The maximum absolute atomic E-state index is 13.0. The highest BCUT2D eigenvalue weighted by Gasteiger charge is 2.06. The second-order valence-electron chi connectivity index (χ2n) is 3.91. The molecule has 0 amide bonds. The van der Waals surface area contributed by atoms with Crippen LogP contribution >= 0.6 is 11.3 Å². The van der Waals surface area contributed by atoms with Crippen molar-refractivity contribution in [2.75, 3.05) is 0 Å². The van der Waals surface area contributed by atoms with Crippen LogP contribution in [0.5, 0.6) is 0 Å². The number of thiophene rings is 1. The lowest BCUT2D eigenvalue weighted by Crippen LogP contribution is -2.17. The molecule has 0 aliphatic rings. The lowest BCUT2D eigenvalue weighted by atomic mass is 10.1.